The zero-order valence-corrected chi connectivity index (χ0v) is 21.3. The molecule has 0 spiro atoms. The van der Waals surface area contributed by atoms with E-state index in [0.29, 0.717) is 12.6 Å². The number of benzene rings is 3. The van der Waals surface area contributed by atoms with Crippen molar-refractivity contribution in [3.63, 3.8) is 0 Å². The van der Waals surface area contributed by atoms with Crippen LogP contribution in [-0.4, -0.2) is 36.0 Å². The fraction of sp³-hybridized carbons (Fsp3) is 0.345. The van der Waals surface area contributed by atoms with E-state index in [-0.39, 0.29) is 4.90 Å². The summed E-state index contributed by atoms with van der Waals surface area (Å²) in [6.07, 6.45) is 5.24. The Labute approximate surface area is 209 Å². The van der Waals surface area contributed by atoms with Gasteiger partial charge >= 0.3 is 0 Å². The highest BCUT2D eigenvalue weighted by atomic mass is 32.2. The Balaban J connectivity index is 1.68. The van der Waals surface area contributed by atoms with E-state index < -0.39 is 16.2 Å². The third kappa shape index (κ3) is 4.91. The number of aryl methyl sites for hydroxylation is 2. The Morgan fingerprint density at radius 3 is 2.00 bits per heavy atom. The second-order valence-electron chi connectivity index (χ2n) is 9.75. The van der Waals surface area contributed by atoms with Gasteiger partial charge in [0, 0.05) is 12.6 Å². The molecule has 5 nitrogen and oxygen atoms in total. The predicted molar refractivity (Wildman–Crippen MR) is 141 cm³/mol. The third-order valence-corrected chi connectivity index (χ3v) is 8.81. The molecule has 0 N–H and O–H groups in total. The van der Waals surface area contributed by atoms with E-state index >= 15 is 0 Å². The van der Waals surface area contributed by atoms with Gasteiger partial charge in [0.25, 0.3) is 10.0 Å². The Bertz CT molecular complexity index is 1280. The molecule has 5 rings (SSSR count). The molecule has 2 aliphatic rings. The summed E-state index contributed by atoms with van der Waals surface area (Å²) in [6.45, 7) is 4.63. The van der Waals surface area contributed by atoms with Crippen molar-refractivity contribution in [2.75, 3.05) is 6.54 Å². The fourth-order valence-electron chi connectivity index (χ4n) is 5.17. The van der Waals surface area contributed by atoms with E-state index in [2.05, 4.69) is 36.1 Å². The molecule has 1 fully saturated rings. The molecule has 1 aliphatic carbocycles. The van der Waals surface area contributed by atoms with Gasteiger partial charge in [-0.3, -0.25) is 4.90 Å². The van der Waals surface area contributed by atoms with Crippen molar-refractivity contribution in [3.05, 3.63) is 101 Å². The molecule has 3 aromatic rings. The van der Waals surface area contributed by atoms with Crippen molar-refractivity contribution in [1.29, 1.82) is 0 Å². The van der Waals surface area contributed by atoms with Gasteiger partial charge in [0.1, 0.15) is 6.17 Å². The largest absolute Gasteiger partial charge is 0.280 e. The maximum atomic E-state index is 14.1. The molecule has 6 heteroatoms. The van der Waals surface area contributed by atoms with Crippen LogP contribution in [0.3, 0.4) is 0 Å². The second kappa shape index (κ2) is 9.96. The minimum Gasteiger partial charge on any atom is -0.268 e. The normalized spacial score (nSPS) is 20.0. The molecule has 3 aromatic carbocycles. The van der Waals surface area contributed by atoms with Gasteiger partial charge in [0.2, 0.25) is 0 Å². The van der Waals surface area contributed by atoms with Crippen molar-refractivity contribution in [2.24, 2.45) is 5.10 Å². The zero-order valence-electron chi connectivity index (χ0n) is 20.5. The maximum absolute atomic E-state index is 14.1. The monoisotopic (exact) mass is 487 g/mol. The van der Waals surface area contributed by atoms with Crippen LogP contribution in [0.25, 0.3) is 0 Å². The smallest absolute Gasteiger partial charge is 0.268 e. The highest BCUT2D eigenvalue weighted by Gasteiger charge is 2.42. The summed E-state index contributed by atoms with van der Waals surface area (Å²) in [5, 5.41) is 4.87. The quantitative estimate of drug-likeness (QED) is 0.440. The van der Waals surface area contributed by atoms with Crippen LogP contribution < -0.4 is 0 Å². The first-order chi connectivity index (χ1) is 16.9. The van der Waals surface area contributed by atoms with Gasteiger partial charge in [0.15, 0.2) is 0 Å². The molecule has 1 unspecified atom stereocenters. The Morgan fingerprint density at radius 1 is 0.771 bits per heavy atom. The predicted octanol–water partition coefficient (Wildman–Crippen LogP) is 6.05. The van der Waals surface area contributed by atoms with E-state index in [1.165, 1.54) is 23.7 Å². The van der Waals surface area contributed by atoms with Gasteiger partial charge in [-0.25, -0.2) is 0 Å². The standard InChI is InChI=1S/C29H33N3O2S/c1-22-13-17-25(18-14-22)29-31(26-11-7-4-8-12-26)21-28(24-9-5-3-6-10-24)30-32(29)35(33,34)27-19-15-23(2)16-20-27/h3,5-6,9-10,13-20,26,29H,4,7-8,11-12,21H2,1-2H3. The molecule has 0 aromatic heterocycles. The highest BCUT2D eigenvalue weighted by molar-refractivity contribution is 7.89. The molecule has 35 heavy (non-hydrogen) atoms. The van der Waals surface area contributed by atoms with Crippen molar-refractivity contribution >= 4 is 15.7 Å². The van der Waals surface area contributed by atoms with Gasteiger partial charge < -0.3 is 0 Å². The molecule has 1 heterocycles. The first-order valence-electron chi connectivity index (χ1n) is 12.5. The minimum atomic E-state index is -3.89. The Hall–Kier alpha value is -2.96. The molecule has 1 saturated carbocycles. The lowest BCUT2D eigenvalue weighted by Crippen LogP contribution is -2.53. The first kappa shape index (κ1) is 23.8. The van der Waals surface area contributed by atoms with Gasteiger partial charge in [-0.1, -0.05) is 97.1 Å². The van der Waals surface area contributed by atoms with E-state index in [0.717, 1.165) is 40.8 Å². The van der Waals surface area contributed by atoms with E-state index in [1.807, 2.05) is 49.4 Å². The van der Waals surface area contributed by atoms with Gasteiger partial charge in [-0.05, 0) is 49.9 Å². The van der Waals surface area contributed by atoms with Crippen LogP contribution in [0.2, 0.25) is 0 Å². The molecule has 182 valence electrons. The number of sulfonamides is 1. The molecule has 1 aliphatic heterocycles. The summed E-state index contributed by atoms with van der Waals surface area (Å²) >= 11 is 0. The minimum absolute atomic E-state index is 0.266. The maximum Gasteiger partial charge on any atom is 0.280 e. The Morgan fingerprint density at radius 2 is 1.37 bits per heavy atom. The number of nitrogens with zero attached hydrogens (tertiary/aromatic N) is 3. The van der Waals surface area contributed by atoms with Crippen molar-refractivity contribution in [2.45, 2.75) is 63.1 Å². The first-order valence-corrected chi connectivity index (χ1v) is 13.9. The van der Waals surface area contributed by atoms with Gasteiger partial charge in [-0.2, -0.15) is 17.9 Å². The molecule has 0 bridgehead atoms. The van der Waals surface area contributed by atoms with Crippen LogP contribution in [0, 0.1) is 13.8 Å². The van der Waals surface area contributed by atoms with Crippen molar-refractivity contribution < 1.29 is 8.42 Å². The lowest BCUT2D eigenvalue weighted by molar-refractivity contribution is 0.0443. The summed E-state index contributed by atoms with van der Waals surface area (Å²) in [6, 6.07) is 25.6. The molecule has 1 atom stereocenters. The topological polar surface area (TPSA) is 53.0 Å². The fourth-order valence-corrected chi connectivity index (χ4v) is 6.58. The summed E-state index contributed by atoms with van der Waals surface area (Å²) in [5.74, 6) is 0. The van der Waals surface area contributed by atoms with E-state index in [4.69, 9.17) is 5.10 Å². The van der Waals surface area contributed by atoms with Crippen LogP contribution in [0.5, 0.6) is 0 Å². The molecular weight excluding hydrogens is 454 g/mol. The average molecular weight is 488 g/mol. The van der Waals surface area contributed by atoms with Crippen LogP contribution in [-0.2, 0) is 10.0 Å². The van der Waals surface area contributed by atoms with Gasteiger partial charge in [0.05, 0.1) is 10.6 Å². The lowest BCUT2D eigenvalue weighted by Gasteiger charge is -2.46. The average Bonchev–Trinajstić information content (AvgIpc) is 2.90. The Kier molecular flexibility index (Phi) is 6.76. The lowest BCUT2D eigenvalue weighted by atomic mass is 9.92. The summed E-state index contributed by atoms with van der Waals surface area (Å²) in [5.41, 5.74) is 4.87. The molecule has 0 amide bonds. The van der Waals surface area contributed by atoms with E-state index in [1.54, 1.807) is 12.1 Å². The van der Waals surface area contributed by atoms with Crippen molar-refractivity contribution in [1.82, 2.24) is 9.31 Å². The van der Waals surface area contributed by atoms with Crippen LogP contribution >= 0.6 is 0 Å². The summed E-state index contributed by atoms with van der Waals surface area (Å²) < 4.78 is 29.7. The van der Waals surface area contributed by atoms with Crippen LogP contribution in [0.4, 0.5) is 0 Å². The van der Waals surface area contributed by atoms with Gasteiger partial charge in [-0.15, -0.1) is 0 Å². The number of hydrazone groups is 1. The highest BCUT2D eigenvalue weighted by Crippen LogP contribution is 2.39. The zero-order chi connectivity index (χ0) is 24.4. The third-order valence-electron chi connectivity index (χ3n) is 7.17. The number of rotatable bonds is 5. The van der Waals surface area contributed by atoms with Crippen molar-refractivity contribution in [3.8, 4) is 0 Å². The van der Waals surface area contributed by atoms with Crippen LogP contribution in [0.1, 0.15) is 60.5 Å². The van der Waals surface area contributed by atoms with Crippen LogP contribution in [0.15, 0.2) is 88.9 Å². The van der Waals surface area contributed by atoms with E-state index in [9.17, 15) is 8.42 Å². The summed E-state index contributed by atoms with van der Waals surface area (Å²) in [7, 11) is -3.89. The molecule has 0 saturated heterocycles. The summed E-state index contributed by atoms with van der Waals surface area (Å²) in [4.78, 5) is 2.65. The number of hydrogen-bond acceptors (Lipinski definition) is 4. The number of hydrogen-bond donors (Lipinski definition) is 0. The SMILES string of the molecule is Cc1ccc(C2N(C3CCCCC3)CC(c3ccccc3)=NN2S(=O)(=O)c2ccc(C)cc2)cc1. The second-order valence-corrected chi connectivity index (χ2v) is 11.5. The molecular formula is C29H33N3O2S. The molecule has 0 radical (unpaired) electrons.